The molecule has 0 radical (unpaired) electrons. The summed E-state index contributed by atoms with van der Waals surface area (Å²) < 4.78 is 11.5. The highest BCUT2D eigenvalue weighted by molar-refractivity contribution is 7.22. The van der Waals surface area contributed by atoms with Crippen molar-refractivity contribution in [1.82, 2.24) is 10.3 Å². The number of hydrogen-bond donors (Lipinski definition) is 1. The van der Waals surface area contributed by atoms with Gasteiger partial charge in [-0.1, -0.05) is 17.4 Å². The third-order valence-electron chi connectivity index (χ3n) is 3.92. The largest absolute Gasteiger partial charge is 0.494 e. The van der Waals surface area contributed by atoms with Crippen molar-refractivity contribution in [3.8, 4) is 5.75 Å². The van der Waals surface area contributed by atoms with Crippen LogP contribution >= 0.6 is 11.3 Å². The molecule has 0 bridgehead atoms. The monoisotopic (exact) mass is 335 g/mol. The minimum absolute atomic E-state index is 0.0169. The molecule has 1 N–H and O–H groups in total. The Balaban J connectivity index is 1.62. The van der Waals surface area contributed by atoms with Gasteiger partial charge >= 0.3 is 0 Å². The Morgan fingerprint density at radius 1 is 1.48 bits per heavy atom. The van der Waals surface area contributed by atoms with Crippen LogP contribution in [-0.4, -0.2) is 50.8 Å². The molecule has 0 aliphatic carbocycles. The predicted octanol–water partition coefficient (Wildman–Crippen LogP) is 1.89. The van der Waals surface area contributed by atoms with Gasteiger partial charge in [0.1, 0.15) is 11.3 Å². The standard InChI is InChI=1S/C16H21N3O3S/c1-10(9-21-2)17-15(20)11-7-19(8-11)16-18-14-12(22-3)5-4-6-13(14)23-16/h4-6,10-11H,7-9H2,1-3H3,(H,17,20)/t10-/m0/s1. The molecular weight excluding hydrogens is 314 g/mol. The van der Waals surface area contributed by atoms with Crippen LogP contribution in [0.4, 0.5) is 5.13 Å². The Kier molecular flexibility index (Phi) is 4.68. The summed E-state index contributed by atoms with van der Waals surface area (Å²) in [6.45, 7) is 3.87. The number of aromatic nitrogens is 1. The van der Waals surface area contributed by atoms with E-state index in [-0.39, 0.29) is 17.9 Å². The average molecular weight is 335 g/mol. The van der Waals surface area contributed by atoms with Crippen molar-refractivity contribution in [2.24, 2.45) is 5.92 Å². The molecule has 1 saturated heterocycles. The first-order valence-electron chi connectivity index (χ1n) is 7.60. The van der Waals surface area contributed by atoms with Crippen LogP contribution in [0.2, 0.25) is 0 Å². The van der Waals surface area contributed by atoms with Gasteiger partial charge in [0, 0.05) is 26.2 Å². The van der Waals surface area contributed by atoms with Gasteiger partial charge in [-0.2, -0.15) is 0 Å². The van der Waals surface area contributed by atoms with E-state index in [2.05, 4.69) is 15.2 Å². The first-order chi connectivity index (χ1) is 11.1. The van der Waals surface area contributed by atoms with Gasteiger partial charge in [-0.15, -0.1) is 0 Å². The molecule has 1 fully saturated rings. The Morgan fingerprint density at radius 3 is 2.96 bits per heavy atom. The van der Waals surface area contributed by atoms with Gasteiger partial charge < -0.3 is 19.7 Å². The highest BCUT2D eigenvalue weighted by Gasteiger charge is 2.34. The van der Waals surface area contributed by atoms with Gasteiger partial charge in [0.15, 0.2) is 5.13 Å². The molecule has 1 aliphatic heterocycles. The summed E-state index contributed by atoms with van der Waals surface area (Å²) >= 11 is 1.63. The van der Waals surface area contributed by atoms with Gasteiger partial charge in [0.05, 0.1) is 24.3 Å². The molecule has 2 heterocycles. The summed E-state index contributed by atoms with van der Waals surface area (Å²) in [5, 5.41) is 3.92. The molecule has 1 amide bonds. The first-order valence-corrected chi connectivity index (χ1v) is 8.41. The Labute approximate surface area is 139 Å². The van der Waals surface area contributed by atoms with Crippen LogP contribution in [0.15, 0.2) is 18.2 Å². The number of methoxy groups -OCH3 is 2. The molecule has 0 unspecified atom stereocenters. The van der Waals surface area contributed by atoms with E-state index < -0.39 is 0 Å². The quantitative estimate of drug-likeness (QED) is 0.873. The van der Waals surface area contributed by atoms with Crippen LogP contribution in [0, 0.1) is 5.92 Å². The Morgan fingerprint density at radius 2 is 2.26 bits per heavy atom. The second kappa shape index (κ2) is 6.72. The molecule has 124 valence electrons. The van der Waals surface area contributed by atoms with Crippen molar-refractivity contribution >= 4 is 32.6 Å². The number of fused-ring (bicyclic) bond motifs is 1. The minimum Gasteiger partial charge on any atom is -0.494 e. The maximum absolute atomic E-state index is 12.1. The van der Waals surface area contributed by atoms with Gasteiger partial charge in [0.25, 0.3) is 0 Å². The zero-order valence-corrected chi connectivity index (χ0v) is 14.4. The molecule has 7 heteroatoms. The fraction of sp³-hybridized carbons (Fsp3) is 0.500. The number of carbonyl (C=O) groups excluding carboxylic acids is 1. The SMILES string of the molecule is COC[C@H](C)NC(=O)C1CN(c2nc3c(OC)cccc3s2)C1. The third kappa shape index (κ3) is 3.25. The molecule has 1 atom stereocenters. The zero-order chi connectivity index (χ0) is 16.4. The molecule has 23 heavy (non-hydrogen) atoms. The highest BCUT2D eigenvalue weighted by Crippen LogP contribution is 2.36. The third-order valence-corrected chi connectivity index (χ3v) is 5.00. The second-order valence-electron chi connectivity index (χ2n) is 5.77. The van der Waals surface area contributed by atoms with Crippen LogP contribution in [0.3, 0.4) is 0 Å². The fourth-order valence-corrected chi connectivity index (χ4v) is 3.67. The Bertz CT molecular complexity index is 697. The lowest BCUT2D eigenvalue weighted by atomic mass is 10.00. The van der Waals surface area contributed by atoms with Crippen molar-refractivity contribution in [1.29, 1.82) is 0 Å². The number of anilines is 1. The van der Waals surface area contributed by atoms with E-state index in [1.54, 1.807) is 25.6 Å². The lowest BCUT2D eigenvalue weighted by Gasteiger charge is -2.38. The maximum atomic E-state index is 12.1. The average Bonchev–Trinajstić information content (AvgIpc) is 2.88. The number of para-hydroxylation sites is 1. The normalized spacial score (nSPS) is 16.2. The number of thiazole rings is 1. The Hall–Kier alpha value is -1.86. The van der Waals surface area contributed by atoms with E-state index >= 15 is 0 Å². The van der Waals surface area contributed by atoms with Crippen LogP contribution in [0.1, 0.15) is 6.92 Å². The summed E-state index contributed by atoms with van der Waals surface area (Å²) in [4.78, 5) is 18.9. The number of hydrogen-bond acceptors (Lipinski definition) is 6. The van der Waals surface area contributed by atoms with Crippen LogP contribution < -0.4 is 15.0 Å². The lowest BCUT2D eigenvalue weighted by Crippen LogP contribution is -2.55. The van der Waals surface area contributed by atoms with E-state index in [1.807, 2.05) is 25.1 Å². The summed E-state index contributed by atoms with van der Waals surface area (Å²) in [5.74, 6) is 0.890. The molecule has 6 nitrogen and oxygen atoms in total. The van der Waals surface area contributed by atoms with Crippen LogP contribution in [-0.2, 0) is 9.53 Å². The smallest absolute Gasteiger partial charge is 0.226 e. The molecular formula is C16H21N3O3S. The number of nitrogens with zero attached hydrogens (tertiary/aromatic N) is 2. The van der Waals surface area contributed by atoms with Gasteiger partial charge in [-0.05, 0) is 19.1 Å². The van der Waals surface area contributed by atoms with Crippen molar-refractivity contribution < 1.29 is 14.3 Å². The molecule has 1 aromatic heterocycles. The summed E-state index contributed by atoms with van der Waals surface area (Å²) in [6, 6.07) is 5.95. The zero-order valence-electron chi connectivity index (χ0n) is 13.5. The van der Waals surface area contributed by atoms with Gasteiger partial charge in [-0.3, -0.25) is 4.79 Å². The van der Waals surface area contributed by atoms with Gasteiger partial charge in [0.2, 0.25) is 5.91 Å². The summed E-state index contributed by atoms with van der Waals surface area (Å²) in [7, 11) is 3.29. The summed E-state index contributed by atoms with van der Waals surface area (Å²) in [5.41, 5.74) is 0.886. The number of carbonyl (C=O) groups is 1. The molecule has 1 aliphatic rings. The van der Waals surface area contributed by atoms with Crippen molar-refractivity contribution in [2.45, 2.75) is 13.0 Å². The topological polar surface area (TPSA) is 63.7 Å². The number of amides is 1. The molecule has 0 saturated carbocycles. The molecule has 2 aromatic rings. The van der Waals surface area contributed by atoms with Gasteiger partial charge in [-0.25, -0.2) is 4.98 Å². The predicted molar refractivity (Wildman–Crippen MR) is 91.4 cm³/mol. The second-order valence-corrected chi connectivity index (χ2v) is 6.78. The maximum Gasteiger partial charge on any atom is 0.226 e. The number of benzene rings is 1. The number of nitrogens with one attached hydrogen (secondary N) is 1. The number of rotatable bonds is 6. The van der Waals surface area contributed by atoms with Crippen molar-refractivity contribution in [3.05, 3.63) is 18.2 Å². The molecule has 3 rings (SSSR count). The van der Waals surface area contributed by atoms with E-state index in [9.17, 15) is 4.79 Å². The van der Waals surface area contributed by atoms with Crippen molar-refractivity contribution in [2.75, 3.05) is 38.8 Å². The first kappa shape index (κ1) is 16.0. The molecule has 1 aromatic carbocycles. The van der Waals surface area contributed by atoms with E-state index in [0.29, 0.717) is 19.7 Å². The van der Waals surface area contributed by atoms with Crippen LogP contribution in [0.5, 0.6) is 5.75 Å². The van der Waals surface area contributed by atoms with E-state index in [0.717, 1.165) is 21.1 Å². The molecule has 0 spiro atoms. The van der Waals surface area contributed by atoms with Crippen molar-refractivity contribution in [3.63, 3.8) is 0 Å². The fourth-order valence-electron chi connectivity index (χ4n) is 2.66. The van der Waals surface area contributed by atoms with E-state index in [4.69, 9.17) is 9.47 Å². The van der Waals surface area contributed by atoms with Crippen LogP contribution in [0.25, 0.3) is 10.2 Å². The number of ether oxygens (including phenoxy) is 2. The van der Waals surface area contributed by atoms with E-state index in [1.165, 1.54) is 0 Å². The summed E-state index contributed by atoms with van der Waals surface area (Å²) in [6.07, 6.45) is 0. The highest BCUT2D eigenvalue weighted by atomic mass is 32.1. The lowest BCUT2D eigenvalue weighted by molar-refractivity contribution is -0.126. The minimum atomic E-state index is 0.0169.